The zero-order valence-corrected chi connectivity index (χ0v) is 10.6. The van der Waals surface area contributed by atoms with Gasteiger partial charge in [-0.25, -0.2) is 9.47 Å². The maximum Gasteiger partial charge on any atom is 0.423 e. The number of amides is 1. The van der Waals surface area contributed by atoms with E-state index in [2.05, 4.69) is 5.43 Å². The minimum atomic E-state index is -0.981. The fraction of sp³-hybridized carbons (Fsp3) is 0.300. The van der Waals surface area contributed by atoms with Crippen molar-refractivity contribution in [2.75, 3.05) is 12.0 Å². The van der Waals surface area contributed by atoms with Crippen LogP contribution in [0.5, 0.6) is 0 Å². The van der Waals surface area contributed by atoms with Gasteiger partial charge >= 0.3 is 6.09 Å². The summed E-state index contributed by atoms with van der Waals surface area (Å²) in [4.78, 5) is 35.0. The third-order valence-electron chi connectivity index (χ3n) is 2.48. The van der Waals surface area contributed by atoms with E-state index in [4.69, 9.17) is 22.2 Å². The molecule has 1 amide bonds. The lowest BCUT2D eigenvalue weighted by Gasteiger charge is -2.10. The van der Waals surface area contributed by atoms with Crippen LogP contribution < -0.4 is 11.0 Å². The van der Waals surface area contributed by atoms with Gasteiger partial charge in [0.15, 0.2) is 0 Å². The van der Waals surface area contributed by atoms with Crippen LogP contribution in [0.1, 0.15) is 18.2 Å². The molecule has 0 radical (unpaired) electrons. The standard InChI is InChI=1S/C10H8N4O4S/c1-2-18-10(17)13-8(16)5(4-11)6-3-7(15)12-14(6)9(13)19/h2-3H2,1H3,(H,12,15). The van der Waals surface area contributed by atoms with Crippen molar-refractivity contribution >= 4 is 24.2 Å². The summed E-state index contributed by atoms with van der Waals surface area (Å²) in [6, 6.07) is 1.68. The van der Waals surface area contributed by atoms with E-state index in [1.807, 2.05) is 0 Å². The van der Waals surface area contributed by atoms with Gasteiger partial charge in [-0.3, -0.25) is 15.0 Å². The third-order valence-corrected chi connectivity index (χ3v) is 2.85. The molecule has 2 heterocycles. The summed E-state index contributed by atoms with van der Waals surface area (Å²) in [7, 11) is 0. The first-order valence-electron chi connectivity index (χ1n) is 5.29. The normalized spacial score (nSPS) is 12.5. The summed E-state index contributed by atoms with van der Waals surface area (Å²) in [5.74, 6) is -0.413. The number of rotatable bonds is 1. The molecule has 0 spiro atoms. The van der Waals surface area contributed by atoms with Crippen LogP contribution in [0.4, 0.5) is 4.79 Å². The number of carbonyl (C=O) groups excluding carboxylic acids is 2. The molecule has 1 aromatic rings. The first-order chi connectivity index (χ1) is 9.01. The molecule has 0 saturated carbocycles. The van der Waals surface area contributed by atoms with Crippen molar-refractivity contribution in [3.05, 3.63) is 26.4 Å². The van der Waals surface area contributed by atoms with Gasteiger partial charge in [-0.05, 0) is 19.1 Å². The summed E-state index contributed by atoms with van der Waals surface area (Å²) < 4.78 is 6.09. The Morgan fingerprint density at radius 1 is 1.58 bits per heavy atom. The Balaban J connectivity index is 2.80. The predicted molar refractivity (Wildman–Crippen MR) is 64.7 cm³/mol. The van der Waals surface area contributed by atoms with Gasteiger partial charge in [0.1, 0.15) is 11.6 Å². The minimum Gasteiger partial charge on any atom is -0.449 e. The first kappa shape index (κ1) is 13.0. The number of carbonyl (C=O) groups is 2. The van der Waals surface area contributed by atoms with E-state index in [1.165, 1.54) is 0 Å². The van der Waals surface area contributed by atoms with Crippen molar-refractivity contribution in [2.45, 2.75) is 13.3 Å². The van der Waals surface area contributed by atoms with E-state index in [0.717, 1.165) is 4.68 Å². The topological polar surface area (TPSA) is 106 Å². The van der Waals surface area contributed by atoms with Crippen molar-refractivity contribution in [3.8, 4) is 6.07 Å². The number of nitriles is 1. The number of nitrogens with one attached hydrogen (secondary N) is 1. The second-order valence-corrected chi connectivity index (χ2v) is 3.97. The molecule has 9 heteroatoms. The molecule has 1 N–H and O–H groups in total. The molecule has 1 aliphatic heterocycles. The van der Waals surface area contributed by atoms with Gasteiger partial charge < -0.3 is 4.74 Å². The highest BCUT2D eigenvalue weighted by atomic mass is 32.1. The number of nitrogens with zero attached hydrogens (tertiary/aromatic N) is 3. The second kappa shape index (κ2) is 4.66. The Labute approximate surface area is 111 Å². The lowest BCUT2D eigenvalue weighted by molar-refractivity contribution is -0.115. The van der Waals surface area contributed by atoms with E-state index in [1.54, 1.807) is 13.0 Å². The van der Waals surface area contributed by atoms with Gasteiger partial charge in [-0.1, -0.05) is 0 Å². The predicted octanol–water partition coefficient (Wildman–Crippen LogP) is -0.118. The number of hydrogen-bond acceptors (Lipinski definition) is 6. The Morgan fingerprint density at radius 3 is 2.84 bits per heavy atom. The van der Waals surface area contributed by atoms with Gasteiger partial charge in [-0.2, -0.15) is 9.83 Å². The van der Waals surface area contributed by atoms with Crippen molar-refractivity contribution in [1.29, 1.82) is 5.26 Å². The molecule has 2 rings (SSSR count). The summed E-state index contributed by atoms with van der Waals surface area (Å²) in [6.45, 7) is 1.62. The molecule has 0 aliphatic carbocycles. The van der Waals surface area contributed by atoms with Crippen molar-refractivity contribution in [2.24, 2.45) is 0 Å². The summed E-state index contributed by atoms with van der Waals surface area (Å²) in [5, 5.41) is 8.99. The molecule has 0 aromatic carbocycles. The Kier molecular flexibility index (Phi) is 3.18. The maximum atomic E-state index is 12.0. The molecule has 0 fully saturated rings. The summed E-state index contributed by atoms with van der Waals surface area (Å²) in [5.41, 5.74) is 1.33. The maximum absolute atomic E-state index is 12.0. The number of ether oxygens (including phenoxy) is 1. The second-order valence-electron chi connectivity index (χ2n) is 3.60. The molecule has 1 aromatic heterocycles. The van der Waals surface area contributed by atoms with E-state index >= 15 is 0 Å². The largest absolute Gasteiger partial charge is 0.449 e. The quantitative estimate of drug-likeness (QED) is 0.719. The molecule has 0 atom stereocenters. The van der Waals surface area contributed by atoms with Gasteiger partial charge in [-0.15, -0.1) is 0 Å². The molecule has 1 aliphatic rings. The Hall–Kier alpha value is -2.47. The van der Waals surface area contributed by atoms with Gasteiger partial charge in [0.05, 0.1) is 18.7 Å². The molecular formula is C10H8N4O4S. The lowest BCUT2D eigenvalue weighted by Crippen LogP contribution is -2.35. The Bertz CT molecular complexity index is 740. The third kappa shape index (κ3) is 1.92. The van der Waals surface area contributed by atoms with E-state index in [0.29, 0.717) is 4.57 Å². The highest BCUT2D eigenvalue weighted by molar-refractivity contribution is 7.71. The van der Waals surface area contributed by atoms with Gasteiger partial charge in [0.25, 0.3) is 5.56 Å². The van der Waals surface area contributed by atoms with Crippen molar-refractivity contribution < 1.29 is 14.3 Å². The average molecular weight is 280 g/mol. The van der Waals surface area contributed by atoms with E-state index in [-0.39, 0.29) is 29.1 Å². The summed E-state index contributed by atoms with van der Waals surface area (Å²) >= 11 is 4.96. The molecule has 8 nitrogen and oxygen atoms in total. The number of aromatic nitrogens is 2. The first-order valence-corrected chi connectivity index (χ1v) is 5.70. The van der Waals surface area contributed by atoms with Crippen molar-refractivity contribution in [1.82, 2.24) is 9.24 Å². The Morgan fingerprint density at radius 2 is 2.26 bits per heavy atom. The zero-order valence-electron chi connectivity index (χ0n) is 9.80. The van der Waals surface area contributed by atoms with Crippen LogP contribution in [-0.4, -0.2) is 27.9 Å². The van der Waals surface area contributed by atoms with Crippen LogP contribution in [0, 0.1) is 16.1 Å². The minimum absolute atomic E-state index is 0.0516. The van der Waals surface area contributed by atoms with E-state index < -0.39 is 17.6 Å². The SMILES string of the molecule is CCOC(=O)n1c(=O)c(C#N)c2n(c1=S)NC(=O)C2. The number of hydrogen-bond donors (Lipinski definition) is 1. The summed E-state index contributed by atoms with van der Waals surface area (Å²) in [6.07, 6.45) is -1.11. The monoisotopic (exact) mass is 280 g/mol. The molecule has 0 saturated heterocycles. The van der Waals surface area contributed by atoms with Crippen LogP contribution in [0.15, 0.2) is 4.79 Å². The van der Waals surface area contributed by atoms with Crippen LogP contribution in [0.3, 0.4) is 0 Å². The smallest absolute Gasteiger partial charge is 0.423 e. The average Bonchev–Trinajstić information content (AvgIpc) is 2.72. The fourth-order valence-electron chi connectivity index (χ4n) is 1.71. The lowest BCUT2D eigenvalue weighted by atomic mass is 10.2. The van der Waals surface area contributed by atoms with Crippen molar-refractivity contribution in [3.63, 3.8) is 0 Å². The van der Waals surface area contributed by atoms with Crippen LogP contribution in [0.25, 0.3) is 0 Å². The zero-order chi connectivity index (χ0) is 14.2. The van der Waals surface area contributed by atoms with Crippen LogP contribution in [0.2, 0.25) is 0 Å². The number of fused-ring (bicyclic) bond motifs is 1. The fourth-order valence-corrected chi connectivity index (χ4v) is 2.02. The van der Waals surface area contributed by atoms with Gasteiger partial charge in [0, 0.05) is 0 Å². The molecule has 0 bridgehead atoms. The molecule has 19 heavy (non-hydrogen) atoms. The van der Waals surface area contributed by atoms with E-state index in [9.17, 15) is 14.4 Å². The highest BCUT2D eigenvalue weighted by Gasteiger charge is 2.27. The highest BCUT2D eigenvalue weighted by Crippen LogP contribution is 2.11. The van der Waals surface area contributed by atoms with Crippen LogP contribution >= 0.6 is 12.2 Å². The van der Waals surface area contributed by atoms with Gasteiger partial charge in [0.2, 0.25) is 10.7 Å². The molecule has 98 valence electrons. The molecule has 0 unspecified atom stereocenters. The molecular weight excluding hydrogens is 272 g/mol. The van der Waals surface area contributed by atoms with Crippen LogP contribution in [-0.2, 0) is 16.0 Å².